The highest BCUT2D eigenvalue weighted by Gasteiger charge is 2.14. The van der Waals surface area contributed by atoms with E-state index in [4.69, 9.17) is 5.73 Å². The first-order valence-corrected chi connectivity index (χ1v) is 10.4. The van der Waals surface area contributed by atoms with E-state index in [1.807, 2.05) is 32.2 Å². The number of rotatable bonds is 6. The van der Waals surface area contributed by atoms with E-state index in [0.29, 0.717) is 34.9 Å². The van der Waals surface area contributed by atoms with Crippen molar-refractivity contribution in [3.8, 4) is 0 Å². The first-order valence-electron chi connectivity index (χ1n) is 9.61. The van der Waals surface area contributed by atoms with Gasteiger partial charge in [-0.15, -0.1) is 0 Å². The predicted octanol–water partition coefficient (Wildman–Crippen LogP) is 1.92. The number of nitrogens with two attached hydrogens (primary N) is 1. The summed E-state index contributed by atoms with van der Waals surface area (Å²) in [5, 5.41) is 7.81. The van der Waals surface area contributed by atoms with Gasteiger partial charge in [0.05, 0.1) is 17.3 Å². The lowest BCUT2D eigenvalue weighted by Gasteiger charge is -2.12. The lowest BCUT2D eigenvalue weighted by Crippen LogP contribution is -2.35. The van der Waals surface area contributed by atoms with Crippen molar-refractivity contribution >= 4 is 44.4 Å². The number of hydrogen-bond donors (Lipinski definition) is 2. The molecule has 0 fully saturated rings. The van der Waals surface area contributed by atoms with Gasteiger partial charge in [0.2, 0.25) is 11.5 Å². The average Bonchev–Trinajstić information content (AvgIpc) is 3.16. The monoisotopic (exact) mass is 472 g/mol. The van der Waals surface area contributed by atoms with E-state index in [-0.39, 0.29) is 5.91 Å². The molecule has 0 saturated carbocycles. The van der Waals surface area contributed by atoms with Crippen molar-refractivity contribution in [2.24, 2.45) is 29.8 Å². The van der Waals surface area contributed by atoms with Crippen LogP contribution in [-0.4, -0.2) is 43.7 Å². The van der Waals surface area contributed by atoms with Crippen LogP contribution in [0.3, 0.4) is 0 Å². The fourth-order valence-electron chi connectivity index (χ4n) is 2.87. The maximum atomic E-state index is 12.3. The number of amides is 1. The van der Waals surface area contributed by atoms with Crippen molar-refractivity contribution in [3.05, 3.63) is 46.2 Å². The van der Waals surface area contributed by atoms with Crippen LogP contribution < -0.4 is 16.7 Å². The van der Waals surface area contributed by atoms with Gasteiger partial charge in [-0.1, -0.05) is 13.0 Å². The number of carbonyl (C=O) groups excluding carboxylic acids is 1. The van der Waals surface area contributed by atoms with Crippen LogP contribution in [0.4, 0.5) is 5.82 Å². The lowest BCUT2D eigenvalue weighted by molar-refractivity contribution is -0.121. The van der Waals surface area contributed by atoms with Gasteiger partial charge in [0.1, 0.15) is 17.7 Å². The molecular formula is C20H25BrN8O. The number of amidine groups is 1. The zero-order valence-electron chi connectivity index (χ0n) is 17.4. The number of hydrogen-bond acceptors (Lipinski definition) is 5. The Morgan fingerprint density at radius 1 is 1.37 bits per heavy atom. The summed E-state index contributed by atoms with van der Waals surface area (Å²) in [5.74, 6) is 0.763. The van der Waals surface area contributed by atoms with Crippen LogP contribution in [0.25, 0.3) is 10.9 Å². The number of nitrogens with one attached hydrogen (secondary N) is 1. The second-order valence-electron chi connectivity index (χ2n) is 6.93. The summed E-state index contributed by atoms with van der Waals surface area (Å²) in [7, 11) is 3.62. The lowest BCUT2D eigenvalue weighted by atomic mass is 10.2. The molecule has 3 aromatic rings. The molecule has 0 radical (unpaired) electrons. The molecule has 0 aliphatic heterocycles. The van der Waals surface area contributed by atoms with Crippen molar-refractivity contribution in [2.75, 3.05) is 6.54 Å². The van der Waals surface area contributed by atoms with Gasteiger partial charge < -0.3 is 11.1 Å². The number of aromatic nitrogens is 4. The quantitative estimate of drug-likeness (QED) is 0.421. The van der Waals surface area contributed by atoms with Gasteiger partial charge in [-0.05, 0) is 41.4 Å². The molecule has 10 heteroatoms. The van der Waals surface area contributed by atoms with E-state index in [2.05, 4.69) is 41.3 Å². The van der Waals surface area contributed by atoms with Crippen molar-refractivity contribution in [1.82, 2.24) is 24.6 Å². The normalized spacial score (nSPS) is 13.6. The molecule has 3 rings (SSSR count). The summed E-state index contributed by atoms with van der Waals surface area (Å²) in [6.45, 7) is 4.35. The largest absolute Gasteiger partial charge is 0.383 e. The number of benzene rings is 1. The van der Waals surface area contributed by atoms with Gasteiger partial charge in [0.25, 0.3) is 0 Å². The third kappa shape index (κ3) is 4.59. The maximum Gasteiger partial charge on any atom is 0.244 e. The van der Waals surface area contributed by atoms with E-state index in [0.717, 1.165) is 16.3 Å². The van der Waals surface area contributed by atoms with E-state index in [1.54, 1.807) is 35.6 Å². The van der Waals surface area contributed by atoms with Gasteiger partial charge in [0.15, 0.2) is 0 Å². The number of carbonyl (C=O) groups is 1. The summed E-state index contributed by atoms with van der Waals surface area (Å²) in [6, 6.07) is 5.13. The van der Waals surface area contributed by atoms with Crippen LogP contribution in [0.2, 0.25) is 0 Å². The maximum absolute atomic E-state index is 12.3. The molecule has 0 bridgehead atoms. The Kier molecular flexibility index (Phi) is 6.66. The summed E-state index contributed by atoms with van der Waals surface area (Å²) in [4.78, 5) is 26.2. The molecule has 0 unspecified atom stereocenters. The molecule has 30 heavy (non-hydrogen) atoms. The Morgan fingerprint density at radius 2 is 2.13 bits per heavy atom. The molecule has 1 aromatic carbocycles. The number of halogens is 1. The van der Waals surface area contributed by atoms with Gasteiger partial charge >= 0.3 is 0 Å². The van der Waals surface area contributed by atoms with E-state index < -0.39 is 6.04 Å². The van der Waals surface area contributed by atoms with Gasteiger partial charge in [0, 0.05) is 36.7 Å². The SMILES string of the molecule is CCCNC(=O)[C@@H](C)N=c1nc2c(Br)cccc2c(/N=C(\N)c2cnn(C)c2)n1C. The fraction of sp³-hybridized carbons (Fsp3) is 0.350. The van der Waals surface area contributed by atoms with Crippen molar-refractivity contribution < 1.29 is 4.79 Å². The highest BCUT2D eigenvalue weighted by molar-refractivity contribution is 9.10. The van der Waals surface area contributed by atoms with Crippen molar-refractivity contribution in [1.29, 1.82) is 0 Å². The minimum atomic E-state index is -0.595. The zero-order chi connectivity index (χ0) is 21.8. The fourth-order valence-corrected chi connectivity index (χ4v) is 3.33. The standard InChI is InChI=1S/C20H25BrN8O/c1-5-9-23-19(30)12(2)25-20-26-16-14(7-6-8-15(16)21)18(29(20)4)27-17(22)13-10-24-28(3)11-13/h6-8,10-12H,5,9H2,1-4H3,(H2,22,27)(H,23,30)/t12-/m1/s1. The van der Waals surface area contributed by atoms with Gasteiger partial charge in [-0.3, -0.25) is 14.0 Å². The van der Waals surface area contributed by atoms with Crippen molar-refractivity contribution in [2.45, 2.75) is 26.3 Å². The van der Waals surface area contributed by atoms with E-state index in [9.17, 15) is 4.79 Å². The minimum absolute atomic E-state index is 0.147. The molecule has 0 aliphatic carbocycles. The first kappa shape index (κ1) is 21.7. The summed E-state index contributed by atoms with van der Waals surface area (Å²) in [5.41, 5.74) is 8.03. The van der Waals surface area contributed by atoms with E-state index >= 15 is 0 Å². The van der Waals surface area contributed by atoms with Crippen LogP contribution in [-0.2, 0) is 18.9 Å². The molecule has 0 aliphatic rings. The third-order valence-corrected chi connectivity index (χ3v) is 5.16. The van der Waals surface area contributed by atoms with Crippen LogP contribution in [0.15, 0.2) is 45.1 Å². The van der Waals surface area contributed by atoms with E-state index in [1.165, 1.54) is 0 Å². The highest BCUT2D eigenvalue weighted by Crippen LogP contribution is 2.28. The Hall–Kier alpha value is -3.01. The first-order chi connectivity index (χ1) is 14.3. The smallest absolute Gasteiger partial charge is 0.244 e. The zero-order valence-corrected chi connectivity index (χ0v) is 19.0. The number of para-hydroxylation sites is 1. The molecular weight excluding hydrogens is 448 g/mol. The minimum Gasteiger partial charge on any atom is -0.383 e. The third-order valence-electron chi connectivity index (χ3n) is 4.52. The molecule has 158 valence electrons. The topological polar surface area (TPSA) is 115 Å². The van der Waals surface area contributed by atoms with Crippen LogP contribution in [0.1, 0.15) is 25.8 Å². The van der Waals surface area contributed by atoms with Gasteiger partial charge in [-0.25, -0.2) is 15.0 Å². The molecule has 0 spiro atoms. The Labute approximate surface area is 182 Å². The van der Waals surface area contributed by atoms with Gasteiger partial charge in [-0.2, -0.15) is 5.10 Å². The number of aliphatic imine (C=N–C) groups is 1. The second kappa shape index (κ2) is 9.21. The second-order valence-corrected chi connectivity index (χ2v) is 7.78. The summed E-state index contributed by atoms with van der Waals surface area (Å²) < 4.78 is 4.20. The predicted molar refractivity (Wildman–Crippen MR) is 120 cm³/mol. The highest BCUT2D eigenvalue weighted by atomic mass is 79.9. The summed E-state index contributed by atoms with van der Waals surface area (Å²) >= 11 is 3.55. The summed E-state index contributed by atoms with van der Waals surface area (Å²) in [6.07, 6.45) is 4.31. The molecule has 0 saturated heterocycles. The molecule has 9 nitrogen and oxygen atoms in total. The number of nitrogens with zero attached hydrogens (tertiary/aromatic N) is 6. The Balaban J connectivity index is 2.19. The molecule has 1 amide bonds. The van der Waals surface area contributed by atoms with Crippen LogP contribution in [0, 0.1) is 0 Å². The molecule has 2 aromatic heterocycles. The molecule has 3 N–H and O–H groups in total. The van der Waals surface area contributed by atoms with Crippen LogP contribution in [0.5, 0.6) is 0 Å². The Morgan fingerprint density at radius 3 is 2.80 bits per heavy atom. The average molecular weight is 473 g/mol. The van der Waals surface area contributed by atoms with Crippen LogP contribution >= 0.6 is 15.9 Å². The number of fused-ring (bicyclic) bond motifs is 1. The van der Waals surface area contributed by atoms with Crippen molar-refractivity contribution in [3.63, 3.8) is 0 Å². The number of aryl methyl sites for hydroxylation is 1. The molecule has 1 atom stereocenters. The Bertz CT molecular complexity index is 1180. The molecule has 2 heterocycles.